The molecule has 0 saturated carbocycles. The van der Waals surface area contributed by atoms with E-state index in [2.05, 4.69) is 23.6 Å². The minimum absolute atomic E-state index is 0. The lowest BCUT2D eigenvalue weighted by Crippen LogP contribution is -2.46. The third-order valence-corrected chi connectivity index (χ3v) is 4.70. The molecule has 1 unspecified atom stereocenters. The van der Waals surface area contributed by atoms with E-state index >= 15 is 0 Å². The number of ether oxygens (including phenoxy) is 1. The van der Waals surface area contributed by atoms with E-state index in [-0.39, 0.29) is 24.0 Å². The van der Waals surface area contributed by atoms with E-state index in [1.165, 1.54) is 32.1 Å². The molecule has 6 heteroatoms. The van der Waals surface area contributed by atoms with Crippen LogP contribution in [0.15, 0.2) is 4.99 Å². The Bertz CT molecular complexity index is 337. The van der Waals surface area contributed by atoms with Crippen molar-refractivity contribution in [2.45, 2.75) is 52.0 Å². The standard InChI is InChI=1S/C17H34N4O.HI/c1-15(2)13-16(20-9-11-22-12-10-20)14-19-17(18)21-7-5-3-4-6-8-21;/h15-16H,3-14H2,1-2H3,(H2,18,19);1H. The second-order valence-corrected chi connectivity index (χ2v) is 7.03. The zero-order valence-electron chi connectivity index (χ0n) is 14.9. The molecule has 2 heterocycles. The SMILES string of the molecule is CC(C)CC(CN=C(N)N1CCCCCC1)N1CCOCC1.I. The quantitative estimate of drug-likeness (QED) is 0.407. The Hall–Kier alpha value is -0.0800. The van der Waals surface area contributed by atoms with Crippen LogP contribution in [0.2, 0.25) is 0 Å². The Morgan fingerprint density at radius 1 is 1.04 bits per heavy atom. The number of hydrogen-bond acceptors (Lipinski definition) is 3. The number of likely N-dealkylation sites (tertiary alicyclic amines) is 1. The topological polar surface area (TPSA) is 54.1 Å². The van der Waals surface area contributed by atoms with Crippen molar-refractivity contribution in [2.75, 3.05) is 45.9 Å². The number of nitrogens with zero attached hydrogens (tertiary/aromatic N) is 3. The van der Waals surface area contributed by atoms with Gasteiger partial charge in [0.05, 0.1) is 19.8 Å². The molecule has 0 aromatic heterocycles. The van der Waals surface area contributed by atoms with Gasteiger partial charge in [-0.15, -0.1) is 24.0 Å². The van der Waals surface area contributed by atoms with Crippen LogP contribution in [0.25, 0.3) is 0 Å². The van der Waals surface area contributed by atoms with Crippen LogP contribution in [0.4, 0.5) is 0 Å². The second kappa shape index (κ2) is 11.5. The summed E-state index contributed by atoms with van der Waals surface area (Å²) in [5, 5.41) is 0. The van der Waals surface area contributed by atoms with E-state index in [4.69, 9.17) is 15.5 Å². The maximum atomic E-state index is 6.26. The number of guanidine groups is 1. The molecule has 0 bridgehead atoms. The van der Waals surface area contributed by atoms with Crippen LogP contribution < -0.4 is 5.73 Å². The predicted molar refractivity (Wildman–Crippen MR) is 108 cm³/mol. The van der Waals surface area contributed by atoms with Gasteiger partial charge in [-0.1, -0.05) is 26.7 Å². The normalized spacial score (nSPS) is 22.6. The smallest absolute Gasteiger partial charge is 0.191 e. The first kappa shape index (κ1) is 21.0. The zero-order valence-corrected chi connectivity index (χ0v) is 17.2. The number of aliphatic imine (C=N–C) groups is 1. The number of rotatable bonds is 5. The van der Waals surface area contributed by atoms with Crippen molar-refractivity contribution in [3.05, 3.63) is 0 Å². The summed E-state index contributed by atoms with van der Waals surface area (Å²) in [5.74, 6) is 1.44. The summed E-state index contributed by atoms with van der Waals surface area (Å²) in [7, 11) is 0. The van der Waals surface area contributed by atoms with Gasteiger partial charge < -0.3 is 15.4 Å². The molecule has 2 saturated heterocycles. The fourth-order valence-corrected chi connectivity index (χ4v) is 3.42. The predicted octanol–water partition coefficient (Wildman–Crippen LogP) is 2.54. The van der Waals surface area contributed by atoms with Crippen molar-refractivity contribution in [1.82, 2.24) is 9.80 Å². The van der Waals surface area contributed by atoms with Gasteiger partial charge in [0.25, 0.3) is 0 Å². The van der Waals surface area contributed by atoms with E-state index in [0.717, 1.165) is 51.9 Å². The van der Waals surface area contributed by atoms with E-state index < -0.39 is 0 Å². The first-order valence-electron chi connectivity index (χ1n) is 9.03. The van der Waals surface area contributed by atoms with Crippen LogP contribution in [0.5, 0.6) is 0 Å². The maximum Gasteiger partial charge on any atom is 0.191 e. The molecule has 2 fully saturated rings. The van der Waals surface area contributed by atoms with Crippen LogP contribution in [-0.4, -0.2) is 67.7 Å². The number of halogens is 1. The summed E-state index contributed by atoms with van der Waals surface area (Å²) >= 11 is 0. The molecule has 1 atom stereocenters. The van der Waals surface area contributed by atoms with E-state index in [9.17, 15) is 0 Å². The van der Waals surface area contributed by atoms with Crippen molar-refractivity contribution in [1.29, 1.82) is 0 Å². The Kier molecular flexibility index (Phi) is 10.5. The second-order valence-electron chi connectivity index (χ2n) is 7.03. The van der Waals surface area contributed by atoms with Crippen LogP contribution in [0.1, 0.15) is 46.0 Å². The molecule has 0 radical (unpaired) electrons. The molecule has 0 amide bonds. The summed E-state index contributed by atoms with van der Waals surface area (Å²) < 4.78 is 5.48. The summed E-state index contributed by atoms with van der Waals surface area (Å²) in [5.41, 5.74) is 6.26. The molecule has 0 aliphatic carbocycles. The Morgan fingerprint density at radius 3 is 2.22 bits per heavy atom. The fraction of sp³-hybridized carbons (Fsp3) is 0.941. The fourth-order valence-electron chi connectivity index (χ4n) is 3.42. The molecule has 136 valence electrons. The van der Waals surface area contributed by atoms with Crippen molar-refractivity contribution in [3.8, 4) is 0 Å². The van der Waals surface area contributed by atoms with Crippen molar-refractivity contribution < 1.29 is 4.74 Å². The van der Waals surface area contributed by atoms with Crippen molar-refractivity contribution >= 4 is 29.9 Å². The molecule has 0 aromatic carbocycles. The highest BCUT2D eigenvalue weighted by atomic mass is 127. The molecular formula is C17H35IN4O. The Labute approximate surface area is 159 Å². The highest BCUT2D eigenvalue weighted by molar-refractivity contribution is 14.0. The largest absolute Gasteiger partial charge is 0.379 e. The molecule has 23 heavy (non-hydrogen) atoms. The van der Waals surface area contributed by atoms with Crippen LogP contribution in [0.3, 0.4) is 0 Å². The molecule has 2 aliphatic heterocycles. The van der Waals surface area contributed by atoms with Gasteiger partial charge in [-0.3, -0.25) is 9.89 Å². The van der Waals surface area contributed by atoms with E-state index in [1.54, 1.807) is 0 Å². The summed E-state index contributed by atoms with van der Waals surface area (Å²) in [6.07, 6.45) is 6.32. The lowest BCUT2D eigenvalue weighted by Gasteiger charge is -2.35. The highest BCUT2D eigenvalue weighted by Crippen LogP contribution is 2.15. The van der Waals surface area contributed by atoms with Crippen LogP contribution >= 0.6 is 24.0 Å². The number of nitrogens with two attached hydrogens (primary N) is 1. The molecule has 0 aromatic rings. The molecule has 2 rings (SSSR count). The van der Waals surface area contributed by atoms with Crippen LogP contribution in [0, 0.1) is 5.92 Å². The van der Waals surface area contributed by atoms with E-state index in [0.29, 0.717) is 12.0 Å². The molecule has 0 spiro atoms. The van der Waals surface area contributed by atoms with Gasteiger partial charge >= 0.3 is 0 Å². The molecule has 5 nitrogen and oxygen atoms in total. The summed E-state index contributed by atoms with van der Waals surface area (Å²) in [4.78, 5) is 9.56. The molecule has 2 aliphatic rings. The van der Waals surface area contributed by atoms with Crippen molar-refractivity contribution in [3.63, 3.8) is 0 Å². The average Bonchev–Trinajstić information content (AvgIpc) is 2.81. The van der Waals surface area contributed by atoms with Gasteiger partial charge in [0, 0.05) is 32.2 Å². The minimum atomic E-state index is 0. The minimum Gasteiger partial charge on any atom is -0.379 e. The summed E-state index contributed by atoms with van der Waals surface area (Å²) in [6, 6.07) is 0.495. The third-order valence-electron chi connectivity index (χ3n) is 4.70. The lowest BCUT2D eigenvalue weighted by molar-refractivity contribution is 0.0142. The monoisotopic (exact) mass is 438 g/mol. The van der Waals surface area contributed by atoms with Gasteiger partial charge in [0.2, 0.25) is 0 Å². The molecule has 2 N–H and O–H groups in total. The molecular weight excluding hydrogens is 403 g/mol. The number of morpholine rings is 1. The maximum absolute atomic E-state index is 6.26. The van der Waals surface area contributed by atoms with Gasteiger partial charge in [0.15, 0.2) is 5.96 Å². The first-order chi connectivity index (χ1) is 10.7. The average molecular weight is 438 g/mol. The first-order valence-corrected chi connectivity index (χ1v) is 9.03. The number of hydrogen-bond donors (Lipinski definition) is 1. The van der Waals surface area contributed by atoms with Crippen LogP contribution in [-0.2, 0) is 4.74 Å². The Morgan fingerprint density at radius 2 is 1.65 bits per heavy atom. The van der Waals surface area contributed by atoms with Crippen molar-refractivity contribution in [2.24, 2.45) is 16.6 Å². The third kappa shape index (κ3) is 7.56. The highest BCUT2D eigenvalue weighted by Gasteiger charge is 2.22. The summed E-state index contributed by atoms with van der Waals surface area (Å²) in [6.45, 7) is 11.3. The van der Waals surface area contributed by atoms with E-state index in [1.807, 2.05) is 0 Å². The van der Waals surface area contributed by atoms with Gasteiger partial charge in [-0.05, 0) is 25.2 Å². The van der Waals surface area contributed by atoms with Gasteiger partial charge in [-0.2, -0.15) is 0 Å². The zero-order chi connectivity index (χ0) is 15.8. The Balaban J connectivity index is 0.00000264. The lowest BCUT2D eigenvalue weighted by atomic mass is 10.0. The van der Waals surface area contributed by atoms with Gasteiger partial charge in [0.1, 0.15) is 0 Å². The van der Waals surface area contributed by atoms with Gasteiger partial charge in [-0.25, -0.2) is 0 Å².